The van der Waals surface area contributed by atoms with Crippen LogP contribution in [0.2, 0.25) is 0 Å². The van der Waals surface area contributed by atoms with Gasteiger partial charge in [0.15, 0.2) is 0 Å². The first-order valence-corrected chi connectivity index (χ1v) is 7.66. The van der Waals surface area contributed by atoms with E-state index < -0.39 is 0 Å². The molecule has 0 aliphatic carbocycles. The maximum atomic E-state index is 6.32. The van der Waals surface area contributed by atoms with Gasteiger partial charge in [0.2, 0.25) is 0 Å². The van der Waals surface area contributed by atoms with E-state index >= 15 is 0 Å². The fourth-order valence-electron chi connectivity index (χ4n) is 1.71. The Balaban J connectivity index is 5.30. The molecule has 0 heterocycles. The number of rotatable bonds is 8. The minimum Gasteiger partial charge on any atom is -0.355 e. The van der Waals surface area contributed by atoms with Gasteiger partial charge in [0.05, 0.1) is 10.7 Å². The molecular formula is C18H27BClN. The van der Waals surface area contributed by atoms with E-state index in [1.165, 1.54) is 11.1 Å². The van der Waals surface area contributed by atoms with E-state index in [9.17, 15) is 0 Å². The summed E-state index contributed by atoms with van der Waals surface area (Å²) >= 11 is 6.32. The van der Waals surface area contributed by atoms with Crippen molar-refractivity contribution in [2.24, 2.45) is 0 Å². The van der Waals surface area contributed by atoms with Gasteiger partial charge in [-0.15, -0.1) is 12.1 Å². The highest BCUT2D eigenvalue weighted by molar-refractivity contribution is 6.31. The Morgan fingerprint density at radius 1 is 1.29 bits per heavy atom. The van der Waals surface area contributed by atoms with Crippen molar-refractivity contribution in [1.82, 2.24) is 5.32 Å². The predicted octanol–water partition coefficient (Wildman–Crippen LogP) is 4.96. The predicted molar refractivity (Wildman–Crippen MR) is 100 cm³/mol. The molecule has 0 saturated carbocycles. The van der Waals surface area contributed by atoms with Crippen molar-refractivity contribution in [2.45, 2.75) is 40.5 Å². The molecule has 0 bridgehead atoms. The molecule has 0 radical (unpaired) electrons. The van der Waals surface area contributed by atoms with E-state index in [2.05, 4.69) is 31.5 Å². The zero-order valence-electron chi connectivity index (χ0n) is 14.0. The maximum absolute atomic E-state index is 6.32. The number of allylic oxidation sites excluding steroid dienone is 8. The summed E-state index contributed by atoms with van der Waals surface area (Å²) in [5, 5.41) is 4.01. The van der Waals surface area contributed by atoms with Gasteiger partial charge in [-0.3, -0.25) is 0 Å². The molecule has 21 heavy (non-hydrogen) atoms. The van der Waals surface area contributed by atoms with E-state index in [1.807, 2.05) is 46.8 Å². The van der Waals surface area contributed by atoms with E-state index in [0.717, 1.165) is 29.7 Å². The maximum Gasteiger partial charge on any atom is 0.133 e. The monoisotopic (exact) mass is 303 g/mol. The van der Waals surface area contributed by atoms with Crippen LogP contribution in [-0.2, 0) is 0 Å². The van der Waals surface area contributed by atoms with Crippen molar-refractivity contribution in [3.8, 4) is 0 Å². The average molecular weight is 304 g/mol. The smallest absolute Gasteiger partial charge is 0.133 e. The molecule has 0 atom stereocenters. The normalized spacial score (nSPS) is 12.9. The van der Waals surface area contributed by atoms with Crippen LogP contribution in [0, 0.1) is 0 Å². The minimum atomic E-state index is 0.676. The second-order valence-electron chi connectivity index (χ2n) is 5.33. The number of nitrogens with one attached hydrogen (secondary N) is 1. The minimum absolute atomic E-state index is 0.676. The van der Waals surface area contributed by atoms with Crippen molar-refractivity contribution in [3.63, 3.8) is 0 Å². The molecule has 0 aromatic rings. The molecule has 0 aliphatic heterocycles. The van der Waals surface area contributed by atoms with Gasteiger partial charge in [-0.05, 0) is 51.3 Å². The molecule has 0 rings (SSSR count). The zero-order valence-corrected chi connectivity index (χ0v) is 14.8. The van der Waals surface area contributed by atoms with Crippen molar-refractivity contribution in [3.05, 3.63) is 70.5 Å². The Hall–Kier alpha value is -1.41. The third-order valence-electron chi connectivity index (χ3n) is 2.75. The summed E-state index contributed by atoms with van der Waals surface area (Å²) in [6.07, 6.45) is 9.78. The third kappa shape index (κ3) is 8.47. The number of halogens is 1. The van der Waals surface area contributed by atoms with Crippen LogP contribution < -0.4 is 5.32 Å². The van der Waals surface area contributed by atoms with Crippen LogP contribution in [0.4, 0.5) is 0 Å². The largest absolute Gasteiger partial charge is 0.355 e. The molecule has 0 spiro atoms. The van der Waals surface area contributed by atoms with Crippen LogP contribution in [0.3, 0.4) is 0 Å². The molecule has 1 N–H and O–H groups in total. The van der Waals surface area contributed by atoms with Gasteiger partial charge < -0.3 is 5.32 Å². The molecule has 0 unspecified atom stereocenters. The summed E-state index contributed by atoms with van der Waals surface area (Å²) in [4.78, 5) is 0. The third-order valence-corrected chi connectivity index (χ3v) is 3.08. The summed E-state index contributed by atoms with van der Waals surface area (Å²) in [6.45, 7) is 16.2. The van der Waals surface area contributed by atoms with Crippen LogP contribution in [0.15, 0.2) is 70.5 Å². The lowest BCUT2D eigenvalue weighted by Crippen LogP contribution is -2.13. The van der Waals surface area contributed by atoms with Gasteiger partial charge in [-0.1, -0.05) is 42.8 Å². The van der Waals surface area contributed by atoms with Crippen LogP contribution in [0.1, 0.15) is 40.5 Å². The van der Waals surface area contributed by atoms with E-state index in [0.29, 0.717) is 5.03 Å². The van der Waals surface area contributed by atoms with Gasteiger partial charge >= 0.3 is 0 Å². The first-order valence-electron chi connectivity index (χ1n) is 7.28. The Morgan fingerprint density at radius 3 is 2.33 bits per heavy atom. The summed E-state index contributed by atoms with van der Waals surface area (Å²) in [7, 11) is 2.03. The van der Waals surface area contributed by atoms with Crippen molar-refractivity contribution < 1.29 is 0 Å². The summed E-state index contributed by atoms with van der Waals surface area (Å²) in [5.74, 6) is 0. The molecule has 0 amide bonds. The SMILES string of the molecule is BC(=C)C/C=C(\CC)C(=C)N/C(C=C(C)C)=C(Cl)/C=C\C. The van der Waals surface area contributed by atoms with Gasteiger partial charge in [-0.25, -0.2) is 0 Å². The average Bonchev–Trinajstić information content (AvgIpc) is 2.38. The van der Waals surface area contributed by atoms with Crippen molar-refractivity contribution >= 4 is 19.4 Å². The molecular weight excluding hydrogens is 276 g/mol. The highest BCUT2D eigenvalue weighted by Gasteiger charge is 2.05. The molecule has 0 aromatic carbocycles. The van der Waals surface area contributed by atoms with Crippen molar-refractivity contribution in [2.75, 3.05) is 0 Å². The Bertz CT molecular complexity index is 503. The second kappa shape index (κ2) is 10.3. The Kier molecular flexibility index (Phi) is 9.65. The zero-order chi connectivity index (χ0) is 16.4. The standard InChI is InChI=1S/C18H27BClN/c1-7-9-17(20)18(12-13(3)4)21-15(6)16(8-2)11-10-14(5)19/h7,9,11-12,21H,5-6,8,10,19H2,1-4H3/b9-7-,16-11+,18-17-. The Labute approximate surface area is 136 Å². The van der Waals surface area contributed by atoms with Crippen LogP contribution in [0.5, 0.6) is 0 Å². The highest BCUT2D eigenvalue weighted by Crippen LogP contribution is 2.18. The molecule has 0 aliphatic rings. The van der Waals surface area contributed by atoms with Crippen LogP contribution >= 0.6 is 11.6 Å². The lowest BCUT2D eigenvalue weighted by atomic mass is 9.93. The highest BCUT2D eigenvalue weighted by atomic mass is 35.5. The quantitative estimate of drug-likeness (QED) is 0.494. The lowest BCUT2D eigenvalue weighted by molar-refractivity contribution is 0.956. The topological polar surface area (TPSA) is 12.0 Å². The van der Waals surface area contributed by atoms with Gasteiger partial charge in [0, 0.05) is 5.70 Å². The van der Waals surface area contributed by atoms with Crippen LogP contribution in [0.25, 0.3) is 0 Å². The first-order chi connectivity index (χ1) is 9.81. The lowest BCUT2D eigenvalue weighted by Gasteiger charge is -2.15. The number of hydrogen-bond acceptors (Lipinski definition) is 1. The first kappa shape index (κ1) is 19.6. The summed E-state index contributed by atoms with van der Waals surface area (Å²) in [6, 6.07) is 0. The fraction of sp³-hybridized carbons (Fsp3) is 0.333. The van der Waals surface area contributed by atoms with Gasteiger partial charge in [0.1, 0.15) is 7.85 Å². The summed E-state index contributed by atoms with van der Waals surface area (Å²) in [5.41, 5.74) is 5.25. The number of hydrogen-bond donors (Lipinski definition) is 1. The molecule has 0 fully saturated rings. The fourth-order valence-corrected chi connectivity index (χ4v) is 1.94. The molecule has 0 aromatic heterocycles. The Morgan fingerprint density at radius 2 is 1.90 bits per heavy atom. The van der Waals surface area contributed by atoms with Gasteiger partial charge in [0.25, 0.3) is 0 Å². The molecule has 114 valence electrons. The molecule has 0 saturated heterocycles. The summed E-state index contributed by atoms with van der Waals surface area (Å²) < 4.78 is 0. The van der Waals surface area contributed by atoms with E-state index in [-0.39, 0.29) is 0 Å². The van der Waals surface area contributed by atoms with Crippen LogP contribution in [-0.4, -0.2) is 7.85 Å². The van der Waals surface area contributed by atoms with E-state index in [1.54, 1.807) is 0 Å². The van der Waals surface area contributed by atoms with E-state index in [4.69, 9.17) is 11.6 Å². The molecule has 1 nitrogen and oxygen atoms in total. The second-order valence-corrected chi connectivity index (χ2v) is 5.74. The van der Waals surface area contributed by atoms with Gasteiger partial charge in [-0.2, -0.15) is 0 Å². The van der Waals surface area contributed by atoms with Crippen molar-refractivity contribution in [1.29, 1.82) is 0 Å². The molecule has 3 heteroatoms.